The number of rotatable bonds is 2. The van der Waals surface area contributed by atoms with Gasteiger partial charge in [0.15, 0.2) is 0 Å². The first-order valence-corrected chi connectivity index (χ1v) is 10.9. The van der Waals surface area contributed by atoms with Crippen molar-refractivity contribution in [3.63, 3.8) is 0 Å². The Morgan fingerprint density at radius 3 is 2.66 bits per heavy atom. The van der Waals surface area contributed by atoms with Crippen LogP contribution in [-0.4, -0.2) is 37.1 Å². The SMILES string of the molecule is COC(=O)C1=CCCN(C2CC[C@]3(Cc4ccccc4Cc4ccccc43)C2)C1. The van der Waals surface area contributed by atoms with Gasteiger partial charge in [0.05, 0.1) is 7.11 Å². The van der Waals surface area contributed by atoms with Crippen LogP contribution in [0.4, 0.5) is 0 Å². The maximum Gasteiger partial charge on any atom is 0.334 e. The summed E-state index contributed by atoms with van der Waals surface area (Å²) in [5.41, 5.74) is 7.07. The number of ether oxygens (including phenoxy) is 1. The molecule has 0 bridgehead atoms. The molecule has 5 rings (SSSR count). The smallest absolute Gasteiger partial charge is 0.334 e. The van der Waals surface area contributed by atoms with Crippen molar-refractivity contribution < 1.29 is 9.53 Å². The van der Waals surface area contributed by atoms with Crippen molar-refractivity contribution in [1.82, 2.24) is 4.90 Å². The summed E-state index contributed by atoms with van der Waals surface area (Å²) in [5.74, 6) is -0.170. The summed E-state index contributed by atoms with van der Waals surface area (Å²) >= 11 is 0. The minimum atomic E-state index is -0.170. The molecular formula is C26H29NO2. The fourth-order valence-corrected chi connectivity index (χ4v) is 5.93. The molecule has 0 aromatic heterocycles. The Morgan fingerprint density at radius 1 is 1.07 bits per heavy atom. The first kappa shape index (κ1) is 18.6. The average Bonchev–Trinajstić information content (AvgIpc) is 3.14. The molecule has 2 aromatic rings. The zero-order valence-corrected chi connectivity index (χ0v) is 17.2. The predicted molar refractivity (Wildman–Crippen MR) is 115 cm³/mol. The Bertz CT molecular complexity index is 963. The average molecular weight is 388 g/mol. The molecule has 2 atom stereocenters. The molecule has 1 unspecified atom stereocenters. The van der Waals surface area contributed by atoms with Crippen LogP contribution in [0.15, 0.2) is 60.2 Å². The van der Waals surface area contributed by atoms with Crippen molar-refractivity contribution in [3.8, 4) is 0 Å². The Kier molecular flexibility index (Phi) is 4.79. The molecule has 2 aromatic carbocycles. The highest BCUT2D eigenvalue weighted by Gasteiger charge is 2.45. The molecule has 3 heteroatoms. The number of hydrogen-bond acceptors (Lipinski definition) is 3. The molecule has 0 saturated heterocycles. The van der Waals surface area contributed by atoms with Crippen LogP contribution in [0.1, 0.15) is 47.9 Å². The second-order valence-electron chi connectivity index (χ2n) is 8.94. The summed E-state index contributed by atoms with van der Waals surface area (Å²) in [5, 5.41) is 0. The van der Waals surface area contributed by atoms with Gasteiger partial charge in [0, 0.05) is 30.1 Å². The highest BCUT2D eigenvalue weighted by Crippen LogP contribution is 2.49. The minimum absolute atomic E-state index is 0.170. The van der Waals surface area contributed by atoms with Gasteiger partial charge in [0.1, 0.15) is 0 Å². The van der Waals surface area contributed by atoms with Crippen LogP contribution in [0.3, 0.4) is 0 Å². The molecule has 1 aliphatic heterocycles. The van der Waals surface area contributed by atoms with Gasteiger partial charge in [0.25, 0.3) is 0 Å². The molecule has 1 heterocycles. The van der Waals surface area contributed by atoms with Gasteiger partial charge < -0.3 is 4.74 Å². The third-order valence-corrected chi connectivity index (χ3v) is 7.34. The van der Waals surface area contributed by atoms with E-state index in [2.05, 4.69) is 59.5 Å². The van der Waals surface area contributed by atoms with Crippen LogP contribution >= 0.6 is 0 Å². The molecule has 1 fully saturated rings. The maximum atomic E-state index is 12.1. The van der Waals surface area contributed by atoms with E-state index in [1.54, 1.807) is 5.56 Å². The number of fused-ring (bicyclic) bond motifs is 3. The second kappa shape index (κ2) is 7.46. The molecule has 1 spiro atoms. The fourth-order valence-electron chi connectivity index (χ4n) is 5.93. The van der Waals surface area contributed by atoms with Crippen molar-refractivity contribution in [2.75, 3.05) is 20.2 Å². The molecule has 150 valence electrons. The second-order valence-corrected chi connectivity index (χ2v) is 8.94. The number of benzene rings is 2. The molecule has 1 saturated carbocycles. The molecule has 0 amide bonds. The lowest BCUT2D eigenvalue weighted by molar-refractivity contribution is -0.136. The highest BCUT2D eigenvalue weighted by molar-refractivity contribution is 5.88. The van der Waals surface area contributed by atoms with Gasteiger partial charge in [-0.2, -0.15) is 0 Å². The molecule has 2 aliphatic carbocycles. The molecule has 29 heavy (non-hydrogen) atoms. The number of hydrogen-bond donors (Lipinski definition) is 0. The molecule has 3 aliphatic rings. The summed E-state index contributed by atoms with van der Waals surface area (Å²) in [6.07, 6.45) is 8.76. The minimum Gasteiger partial charge on any atom is -0.466 e. The third kappa shape index (κ3) is 3.32. The summed E-state index contributed by atoms with van der Waals surface area (Å²) < 4.78 is 4.98. The lowest BCUT2D eigenvalue weighted by Crippen LogP contribution is -2.40. The van der Waals surface area contributed by atoms with Crippen LogP contribution in [0.2, 0.25) is 0 Å². The Balaban J connectivity index is 1.45. The summed E-state index contributed by atoms with van der Waals surface area (Å²) in [6.45, 7) is 1.77. The molecule has 0 radical (unpaired) electrons. The van der Waals surface area contributed by atoms with E-state index in [1.165, 1.54) is 43.1 Å². The van der Waals surface area contributed by atoms with E-state index in [1.807, 2.05) is 0 Å². The Hall–Kier alpha value is -2.39. The van der Waals surface area contributed by atoms with Crippen molar-refractivity contribution >= 4 is 5.97 Å². The number of carbonyl (C=O) groups is 1. The van der Waals surface area contributed by atoms with Crippen molar-refractivity contribution in [2.45, 2.75) is 50.0 Å². The van der Waals surface area contributed by atoms with Crippen LogP contribution in [0.5, 0.6) is 0 Å². The van der Waals surface area contributed by atoms with Crippen LogP contribution in [0.25, 0.3) is 0 Å². The maximum absolute atomic E-state index is 12.1. The number of methoxy groups -OCH3 is 1. The monoisotopic (exact) mass is 387 g/mol. The van der Waals surface area contributed by atoms with Gasteiger partial charge in [-0.3, -0.25) is 4.90 Å². The van der Waals surface area contributed by atoms with Gasteiger partial charge in [-0.1, -0.05) is 54.6 Å². The van der Waals surface area contributed by atoms with Crippen LogP contribution in [-0.2, 0) is 27.8 Å². The summed E-state index contributed by atoms with van der Waals surface area (Å²) in [4.78, 5) is 14.6. The number of nitrogens with zero attached hydrogens (tertiary/aromatic N) is 1. The summed E-state index contributed by atoms with van der Waals surface area (Å²) in [6, 6.07) is 18.6. The van der Waals surface area contributed by atoms with Crippen LogP contribution in [0, 0.1) is 0 Å². The van der Waals surface area contributed by atoms with E-state index in [4.69, 9.17) is 4.74 Å². The largest absolute Gasteiger partial charge is 0.466 e. The van der Waals surface area contributed by atoms with E-state index in [9.17, 15) is 4.79 Å². The zero-order chi connectivity index (χ0) is 19.8. The molecular weight excluding hydrogens is 358 g/mol. The van der Waals surface area contributed by atoms with E-state index < -0.39 is 0 Å². The van der Waals surface area contributed by atoms with Crippen molar-refractivity contribution in [1.29, 1.82) is 0 Å². The van der Waals surface area contributed by atoms with Crippen LogP contribution < -0.4 is 0 Å². The Morgan fingerprint density at radius 2 is 1.83 bits per heavy atom. The van der Waals surface area contributed by atoms with Gasteiger partial charge in [-0.05, 0) is 60.8 Å². The quantitative estimate of drug-likeness (QED) is 0.714. The molecule has 3 nitrogen and oxygen atoms in total. The topological polar surface area (TPSA) is 29.5 Å². The molecule has 0 N–H and O–H groups in total. The van der Waals surface area contributed by atoms with Crippen molar-refractivity contribution in [2.24, 2.45) is 0 Å². The van der Waals surface area contributed by atoms with E-state index in [0.717, 1.165) is 37.9 Å². The first-order valence-electron chi connectivity index (χ1n) is 10.9. The van der Waals surface area contributed by atoms with Crippen molar-refractivity contribution in [3.05, 3.63) is 82.4 Å². The number of carbonyl (C=O) groups excluding carboxylic acids is 1. The van der Waals surface area contributed by atoms with Gasteiger partial charge >= 0.3 is 5.97 Å². The Labute approximate surface area is 173 Å². The van der Waals surface area contributed by atoms with Gasteiger partial charge in [-0.25, -0.2) is 4.79 Å². The number of esters is 1. The standard InChI is InChI=1S/C26H29NO2/c1-29-25(28)22-10-6-14-27(18-22)23-12-13-26(17-23)16-21-9-3-2-7-19(21)15-20-8-4-5-11-24(20)26/h2-5,7-11,23H,6,12-18H2,1H3/t23?,26-/m0/s1. The highest BCUT2D eigenvalue weighted by atomic mass is 16.5. The fraction of sp³-hybridized carbons (Fsp3) is 0.423. The van der Waals surface area contributed by atoms with E-state index in [-0.39, 0.29) is 11.4 Å². The van der Waals surface area contributed by atoms with Gasteiger partial charge in [-0.15, -0.1) is 0 Å². The van der Waals surface area contributed by atoms with E-state index >= 15 is 0 Å². The zero-order valence-electron chi connectivity index (χ0n) is 17.2. The van der Waals surface area contributed by atoms with E-state index in [0.29, 0.717) is 6.04 Å². The normalized spacial score (nSPS) is 26.4. The summed E-state index contributed by atoms with van der Waals surface area (Å²) in [7, 11) is 1.48. The van der Waals surface area contributed by atoms with Gasteiger partial charge in [0.2, 0.25) is 0 Å². The first-order chi connectivity index (χ1) is 14.2. The third-order valence-electron chi connectivity index (χ3n) is 7.34. The lowest BCUT2D eigenvalue weighted by atomic mass is 9.73. The lowest BCUT2D eigenvalue weighted by Gasteiger charge is -2.35. The predicted octanol–water partition coefficient (Wildman–Crippen LogP) is 4.43.